The van der Waals surface area contributed by atoms with E-state index in [1.165, 1.54) is 0 Å². The molecule has 1 saturated heterocycles. The maximum Gasteiger partial charge on any atom is 0.239 e. The number of amides is 1. The summed E-state index contributed by atoms with van der Waals surface area (Å²) < 4.78 is 0.886. The van der Waals surface area contributed by atoms with Gasteiger partial charge in [0.05, 0.1) is 6.54 Å². The van der Waals surface area contributed by atoms with Crippen molar-refractivity contribution < 1.29 is 9.90 Å². The van der Waals surface area contributed by atoms with Gasteiger partial charge >= 0.3 is 0 Å². The van der Waals surface area contributed by atoms with E-state index in [1.807, 2.05) is 6.07 Å². The van der Waals surface area contributed by atoms with Gasteiger partial charge in [0, 0.05) is 17.3 Å². The van der Waals surface area contributed by atoms with Crippen LogP contribution < -0.4 is 5.32 Å². The highest BCUT2D eigenvalue weighted by atomic mass is 79.9. The number of pyridine rings is 1. The van der Waals surface area contributed by atoms with Crippen molar-refractivity contribution in [2.45, 2.75) is 12.8 Å². The number of aromatic nitrogens is 1. The van der Waals surface area contributed by atoms with E-state index in [9.17, 15) is 4.79 Å². The average molecular weight is 328 g/mol. The fraction of sp³-hybridized carbons (Fsp3) is 0.538. The zero-order valence-electron chi connectivity index (χ0n) is 10.7. The molecule has 2 rings (SSSR count). The van der Waals surface area contributed by atoms with Crippen molar-refractivity contribution in [3.8, 4) is 0 Å². The molecule has 2 heterocycles. The van der Waals surface area contributed by atoms with Crippen LogP contribution in [0.15, 0.2) is 22.8 Å². The first-order chi connectivity index (χ1) is 9.17. The normalized spacial score (nSPS) is 17.4. The van der Waals surface area contributed by atoms with Gasteiger partial charge in [0.1, 0.15) is 5.82 Å². The van der Waals surface area contributed by atoms with Crippen molar-refractivity contribution in [1.82, 2.24) is 9.88 Å². The molecule has 2 N–H and O–H groups in total. The molecule has 1 fully saturated rings. The number of aliphatic hydroxyl groups excluding tert-OH is 1. The molecule has 0 aliphatic carbocycles. The minimum absolute atomic E-state index is 0.0442. The van der Waals surface area contributed by atoms with Crippen LogP contribution in [0.3, 0.4) is 0 Å². The summed E-state index contributed by atoms with van der Waals surface area (Å²) in [6, 6.07) is 3.61. The van der Waals surface area contributed by atoms with Gasteiger partial charge < -0.3 is 10.4 Å². The Morgan fingerprint density at radius 1 is 1.47 bits per heavy atom. The summed E-state index contributed by atoms with van der Waals surface area (Å²) in [5, 5.41) is 11.8. The van der Waals surface area contributed by atoms with E-state index in [-0.39, 0.29) is 12.5 Å². The summed E-state index contributed by atoms with van der Waals surface area (Å²) in [5.41, 5.74) is 0. The standard InChI is InChI=1S/C13H18BrN3O2/c14-11-1-2-12(15-7-11)16-13(19)8-17-5-3-10(9-18)4-6-17/h1-2,7,10,18H,3-6,8-9H2,(H,15,16,19). The lowest BCUT2D eigenvalue weighted by Crippen LogP contribution is -2.39. The molecule has 104 valence electrons. The zero-order valence-corrected chi connectivity index (χ0v) is 12.3. The van der Waals surface area contributed by atoms with E-state index < -0.39 is 0 Å². The van der Waals surface area contributed by atoms with Crippen LogP contribution in [0.5, 0.6) is 0 Å². The lowest BCUT2D eigenvalue weighted by molar-refractivity contribution is -0.117. The Kier molecular flexibility index (Phi) is 5.30. The van der Waals surface area contributed by atoms with Crippen molar-refractivity contribution >= 4 is 27.7 Å². The molecule has 0 spiro atoms. The summed E-state index contributed by atoms with van der Waals surface area (Å²) in [5.74, 6) is 0.920. The number of carbonyl (C=O) groups is 1. The number of nitrogens with one attached hydrogen (secondary N) is 1. The van der Waals surface area contributed by atoms with Crippen molar-refractivity contribution in [3.05, 3.63) is 22.8 Å². The first-order valence-electron chi connectivity index (χ1n) is 6.42. The summed E-state index contributed by atoms with van der Waals surface area (Å²) >= 11 is 3.30. The maximum absolute atomic E-state index is 11.9. The van der Waals surface area contributed by atoms with E-state index in [4.69, 9.17) is 5.11 Å². The number of piperidine rings is 1. The van der Waals surface area contributed by atoms with Gasteiger partial charge in [-0.2, -0.15) is 0 Å². The lowest BCUT2D eigenvalue weighted by atomic mass is 9.98. The fourth-order valence-electron chi connectivity index (χ4n) is 2.16. The van der Waals surface area contributed by atoms with Crippen molar-refractivity contribution in [1.29, 1.82) is 0 Å². The third-order valence-electron chi connectivity index (χ3n) is 3.33. The van der Waals surface area contributed by atoms with Crippen molar-refractivity contribution in [3.63, 3.8) is 0 Å². The number of halogens is 1. The van der Waals surface area contributed by atoms with Gasteiger partial charge in [-0.05, 0) is 59.9 Å². The summed E-state index contributed by atoms with van der Waals surface area (Å²) in [4.78, 5) is 18.1. The highest BCUT2D eigenvalue weighted by Gasteiger charge is 2.20. The number of aliphatic hydroxyl groups is 1. The van der Waals surface area contributed by atoms with Gasteiger partial charge in [0.15, 0.2) is 0 Å². The molecule has 0 saturated carbocycles. The van der Waals surface area contributed by atoms with Gasteiger partial charge in [0.25, 0.3) is 0 Å². The monoisotopic (exact) mass is 327 g/mol. The molecular formula is C13H18BrN3O2. The Bertz CT molecular complexity index is 416. The number of nitrogens with zero attached hydrogens (tertiary/aromatic N) is 2. The Labute approximate surface area is 121 Å². The number of anilines is 1. The maximum atomic E-state index is 11.9. The van der Waals surface area contributed by atoms with Crippen LogP contribution in [0.2, 0.25) is 0 Å². The minimum atomic E-state index is -0.0442. The molecule has 19 heavy (non-hydrogen) atoms. The zero-order chi connectivity index (χ0) is 13.7. The van der Waals surface area contributed by atoms with E-state index in [0.717, 1.165) is 30.4 Å². The van der Waals surface area contributed by atoms with Crippen LogP contribution in [0.4, 0.5) is 5.82 Å². The third-order valence-corrected chi connectivity index (χ3v) is 3.80. The molecule has 1 aliphatic rings. The van der Waals surface area contributed by atoms with Gasteiger partial charge in [-0.3, -0.25) is 9.69 Å². The molecule has 0 unspecified atom stereocenters. The van der Waals surface area contributed by atoms with Crippen LogP contribution in [0, 0.1) is 5.92 Å². The molecule has 6 heteroatoms. The fourth-order valence-corrected chi connectivity index (χ4v) is 2.40. The topological polar surface area (TPSA) is 65.5 Å². The number of carbonyl (C=O) groups excluding carboxylic acids is 1. The molecule has 1 aromatic heterocycles. The van der Waals surface area contributed by atoms with Crippen LogP contribution in [-0.4, -0.2) is 47.1 Å². The quantitative estimate of drug-likeness (QED) is 0.879. The second-order valence-corrected chi connectivity index (χ2v) is 5.73. The van der Waals surface area contributed by atoms with E-state index in [0.29, 0.717) is 18.3 Å². The van der Waals surface area contributed by atoms with E-state index in [1.54, 1.807) is 12.3 Å². The van der Waals surface area contributed by atoms with Crippen molar-refractivity contribution in [2.24, 2.45) is 5.92 Å². The summed E-state index contributed by atoms with van der Waals surface area (Å²) in [6.45, 7) is 2.37. The smallest absolute Gasteiger partial charge is 0.239 e. The van der Waals surface area contributed by atoms with Gasteiger partial charge in [-0.1, -0.05) is 0 Å². The average Bonchev–Trinajstić information content (AvgIpc) is 2.42. The number of hydrogen-bond donors (Lipinski definition) is 2. The van der Waals surface area contributed by atoms with Gasteiger partial charge in [-0.15, -0.1) is 0 Å². The summed E-state index contributed by atoms with van der Waals surface area (Å²) in [7, 11) is 0. The minimum Gasteiger partial charge on any atom is -0.396 e. The summed E-state index contributed by atoms with van der Waals surface area (Å²) in [6.07, 6.45) is 3.57. The second-order valence-electron chi connectivity index (χ2n) is 4.81. The number of hydrogen-bond acceptors (Lipinski definition) is 4. The highest BCUT2D eigenvalue weighted by Crippen LogP contribution is 2.16. The van der Waals surface area contributed by atoms with Crippen LogP contribution >= 0.6 is 15.9 Å². The largest absolute Gasteiger partial charge is 0.396 e. The van der Waals surface area contributed by atoms with Gasteiger partial charge in [-0.25, -0.2) is 4.98 Å². The Morgan fingerprint density at radius 2 is 2.21 bits per heavy atom. The molecule has 1 amide bonds. The highest BCUT2D eigenvalue weighted by molar-refractivity contribution is 9.10. The van der Waals surface area contributed by atoms with E-state index in [2.05, 4.69) is 31.1 Å². The predicted octanol–water partition coefficient (Wildman–Crippen LogP) is 1.49. The van der Waals surface area contributed by atoms with Crippen LogP contribution in [0.1, 0.15) is 12.8 Å². The molecule has 5 nitrogen and oxygen atoms in total. The number of rotatable bonds is 4. The van der Waals surface area contributed by atoms with E-state index >= 15 is 0 Å². The third kappa shape index (κ3) is 4.56. The molecule has 0 atom stereocenters. The van der Waals surface area contributed by atoms with Crippen LogP contribution in [-0.2, 0) is 4.79 Å². The molecule has 0 bridgehead atoms. The Hall–Kier alpha value is -0.980. The Balaban J connectivity index is 1.77. The SMILES string of the molecule is O=C(CN1CCC(CO)CC1)Nc1ccc(Br)cn1. The van der Waals surface area contributed by atoms with Crippen molar-refractivity contribution in [2.75, 3.05) is 31.6 Å². The molecule has 1 aromatic rings. The molecule has 0 aromatic carbocycles. The lowest BCUT2D eigenvalue weighted by Gasteiger charge is -2.30. The first-order valence-corrected chi connectivity index (χ1v) is 7.21. The molecule has 0 radical (unpaired) electrons. The second kappa shape index (κ2) is 6.98. The van der Waals surface area contributed by atoms with Crippen LogP contribution in [0.25, 0.3) is 0 Å². The Morgan fingerprint density at radius 3 is 2.79 bits per heavy atom. The first kappa shape index (κ1) is 14.4. The predicted molar refractivity (Wildman–Crippen MR) is 76.8 cm³/mol. The molecular weight excluding hydrogens is 310 g/mol. The number of likely N-dealkylation sites (tertiary alicyclic amines) is 1. The molecule has 1 aliphatic heterocycles. The van der Waals surface area contributed by atoms with Gasteiger partial charge in [0.2, 0.25) is 5.91 Å².